The fourth-order valence-electron chi connectivity index (χ4n) is 7.01. The van der Waals surface area contributed by atoms with Gasteiger partial charge in [0.1, 0.15) is 17.3 Å². The summed E-state index contributed by atoms with van der Waals surface area (Å²) < 4.78 is 6.60. The van der Waals surface area contributed by atoms with Crippen molar-refractivity contribution in [3.05, 3.63) is 145 Å². The van der Waals surface area contributed by atoms with Crippen LogP contribution in [0.25, 0.3) is 65.7 Å². The van der Waals surface area contributed by atoms with Gasteiger partial charge >= 0.3 is 0 Å². The fraction of sp³-hybridized carbons (Fsp3) is 0.0500. The summed E-state index contributed by atoms with van der Waals surface area (Å²) in [6, 6.07) is 50.0. The van der Waals surface area contributed by atoms with Crippen LogP contribution in [0.5, 0.6) is 0 Å². The molecule has 7 aromatic carbocycles. The van der Waals surface area contributed by atoms with Crippen LogP contribution in [0.15, 0.2) is 144 Å². The van der Waals surface area contributed by atoms with Crippen molar-refractivity contribution >= 4 is 54.9 Å². The van der Waals surface area contributed by atoms with Gasteiger partial charge in [-0.05, 0) is 68.1 Å². The van der Waals surface area contributed by atoms with Gasteiger partial charge in [-0.1, -0.05) is 115 Å². The van der Waals surface area contributed by atoms with E-state index < -0.39 is 0 Å². The molecule has 1 aliphatic heterocycles. The van der Waals surface area contributed by atoms with Crippen molar-refractivity contribution in [1.82, 2.24) is 0 Å². The SMILES string of the molecule is CN1c2ccc(-c3ccc(-c4c5ccccc5cc5c4oc4ccccc45)c4ccccc34)cc2NC1c1ccccc1. The Hall–Kier alpha value is -5.54. The molecule has 0 amide bonds. The number of para-hydroxylation sites is 1. The molecule has 0 spiro atoms. The van der Waals surface area contributed by atoms with Crippen LogP contribution in [0.3, 0.4) is 0 Å². The number of benzene rings is 7. The zero-order valence-electron chi connectivity index (χ0n) is 23.7. The number of fused-ring (bicyclic) bond motifs is 6. The Kier molecular flexibility index (Phi) is 5.17. The summed E-state index contributed by atoms with van der Waals surface area (Å²) in [7, 11) is 2.16. The summed E-state index contributed by atoms with van der Waals surface area (Å²) >= 11 is 0. The Morgan fingerprint density at radius 3 is 2.09 bits per heavy atom. The minimum Gasteiger partial charge on any atom is -0.455 e. The summed E-state index contributed by atoms with van der Waals surface area (Å²) in [4.78, 5) is 2.31. The molecule has 0 bridgehead atoms. The van der Waals surface area contributed by atoms with Crippen LogP contribution in [0.1, 0.15) is 11.7 Å². The zero-order chi connectivity index (χ0) is 28.5. The number of anilines is 2. The van der Waals surface area contributed by atoms with E-state index in [1.54, 1.807) is 0 Å². The van der Waals surface area contributed by atoms with Gasteiger partial charge in [0, 0.05) is 23.4 Å². The molecule has 1 N–H and O–H groups in total. The van der Waals surface area contributed by atoms with Crippen LogP contribution in [-0.2, 0) is 0 Å². The van der Waals surface area contributed by atoms with Crippen LogP contribution in [-0.4, -0.2) is 7.05 Å². The lowest BCUT2D eigenvalue weighted by Gasteiger charge is -2.22. The Balaban J connectivity index is 1.24. The average molecular weight is 553 g/mol. The van der Waals surface area contributed by atoms with E-state index in [4.69, 9.17) is 4.42 Å². The van der Waals surface area contributed by atoms with E-state index in [1.807, 2.05) is 6.07 Å². The topological polar surface area (TPSA) is 28.4 Å². The lowest BCUT2D eigenvalue weighted by atomic mass is 9.89. The van der Waals surface area contributed by atoms with Gasteiger partial charge in [-0.25, -0.2) is 0 Å². The fourth-order valence-corrected chi connectivity index (χ4v) is 7.01. The second-order valence-corrected chi connectivity index (χ2v) is 11.5. The molecule has 0 fully saturated rings. The third kappa shape index (κ3) is 3.61. The maximum Gasteiger partial charge on any atom is 0.143 e. The van der Waals surface area contributed by atoms with Crippen molar-refractivity contribution in [1.29, 1.82) is 0 Å². The first kappa shape index (κ1) is 24.1. The van der Waals surface area contributed by atoms with Crippen molar-refractivity contribution in [2.24, 2.45) is 0 Å². The third-order valence-corrected chi connectivity index (χ3v) is 9.07. The highest BCUT2D eigenvalue weighted by atomic mass is 16.3. The first-order valence-electron chi connectivity index (χ1n) is 14.8. The quantitative estimate of drug-likeness (QED) is 0.236. The second kappa shape index (κ2) is 9.23. The maximum atomic E-state index is 6.60. The molecule has 3 heteroatoms. The molecule has 3 nitrogen and oxygen atoms in total. The van der Waals surface area contributed by atoms with Crippen molar-refractivity contribution < 1.29 is 4.42 Å². The highest BCUT2D eigenvalue weighted by Gasteiger charge is 2.27. The van der Waals surface area contributed by atoms with E-state index in [2.05, 4.69) is 151 Å². The Morgan fingerprint density at radius 2 is 1.26 bits per heavy atom. The molecule has 0 saturated carbocycles. The van der Waals surface area contributed by atoms with Crippen LogP contribution in [0.4, 0.5) is 11.4 Å². The van der Waals surface area contributed by atoms with E-state index in [0.29, 0.717) is 0 Å². The number of furan rings is 1. The standard InChI is InChI=1S/C40H28N2O/c1-42-36-22-19-27(24-35(36)41-40(42)25-11-3-2-4-12-25)28-20-21-33(31-16-8-7-15-30(28)31)38-29-14-6-5-13-26(29)23-34-32-17-9-10-18-37(32)43-39(34)38/h2-24,40-41H,1H3. The number of hydrogen-bond donors (Lipinski definition) is 1. The molecule has 8 aromatic rings. The monoisotopic (exact) mass is 552 g/mol. The molecule has 1 aromatic heterocycles. The molecule has 2 heterocycles. The van der Waals surface area contributed by atoms with Gasteiger partial charge in [0.25, 0.3) is 0 Å². The lowest BCUT2D eigenvalue weighted by molar-refractivity contribution is 0.670. The van der Waals surface area contributed by atoms with Crippen molar-refractivity contribution in [2.45, 2.75) is 6.17 Å². The van der Waals surface area contributed by atoms with Gasteiger partial charge in [-0.3, -0.25) is 0 Å². The van der Waals surface area contributed by atoms with Crippen molar-refractivity contribution in [3.8, 4) is 22.3 Å². The number of nitrogens with one attached hydrogen (secondary N) is 1. The molecule has 0 saturated heterocycles. The zero-order valence-corrected chi connectivity index (χ0v) is 23.7. The van der Waals surface area contributed by atoms with Crippen molar-refractivity contribution in [2.75, 3.05) is 17.3 Å². The van der Waals surface area contributed by atoms with Gasteiger partial charge < -0.3 is 14.6 Å². The van der Waals surface area contributed by atoms with E-state index >= 15 is 0 Å². The van der Waals surface area contributed by atoms with Crippen LogP contribution < -0.4 is 10.2 Å². The number of nitrogens with zero attached hydrogens (tertiary/aromatic N) is 1. The molecular weight excluding hydrogens is 524 g/mol. The number of rotatable bonds is 3. The van der Waals surface area contributed by atoms with Crippen molar-refractivity contribution in [3.63, 3.8) is 0 Å². The van der Waals surface area contributed by atoms with Gasteiger partial charge in [0.15, 0.2) is 0 Å². The van der Waals surface area contributed by atoms with Gasteiger partial charge in [0.05, 0.1) is 11.4 Å². The molecule has 0 radical (unpaired) electrons. The maximum absolute atomic E-state index is 6.60. The molecule has 1 unspecified atom stereocenters. The van der Waals surface area contributed by atoms with E-state index in [-0.39, 0.29) is 6.17 Å². The summed E-state index contributed by atoms with van der Waals surface area (Å²) in [5.74, 6) is 0. The van der Waals surface area contributed by atoms with Crippen LogP contribution >= 0.6 is 0 Å². The van der Waals surface area contributed by atoms with E-state index in [9.17, 15) is 0 Å². The molecular formula is C40H28N2O. The first-order chi connectivity index (χ1) is 21.2. The molecule has 1 aliphatic rings. The largest absolute Gasteiger partial charge is 0.455 e. The molecule has 204 valence electrons. The second-order valence-electron chi connectivity index (χ2n) is 11.5. The highest BCUT2D eigenvalue weighted by Crippen LogP contribution is 2.46. The Morgan fingerprint density at radius 1 is 0.581 bits per heavy atom. The van der Waals surface area contributed by atoms with Crippen LogP contribution in [0, 0.1) is 0 Å². The van der Waals surface area contributed by atoms with Crippen LogP contribution in [0.2, 0.25) is 0 Å². The molecule has 0 aliphatic carbocycles. The van der Waals surface area contributed by atoms with E-state index in [0.717, 1.165) is 33.2 Å². The third-order valence-electron chi connectivity index (χ3n) is 9.07. The molecule has 9 rings (SSSR count). The van der Waals surface area contributed by atoms with Gasteiger partial charge in [-0.15, -0.1) is 0 Å². The summed E-state index contributed by atoms with van der Waals surface area (Å²) in [6.07, 6.45) is 0.114. The van der Waals surface area contributed by atoms with Gasteiger partial charge in [-0.2, -0.15) is 0 Å². The number of hydrogen-bond acceptors (Lipinski definition) is 3. The predicted octanol–water partition coefficient (Wildman–Crippen LogP) is 10.8. The first-order valence-corrected chi connectivity index (χ1v) is 14.8. The minimum absolute atomic E-state index is 0.114. The molecule has 1 atom stereocenters. The summed E-state index contributed by atoms with van der Waals surface area (Å²) in [5.41, 5.74) is 10.2. The van der Waals surface area contributed by atoms with Gasteiger partial charge in [0.2, 0.25) is 0 Å². The normalized spacial score (nSPS) is 14.5. The lowest BCUT2D eigenvalue weighted by Crippen LogP contribution is -2.23. The minimum atomic E-state index is 0.114. The smallest absolute Gasteiger partial charge is 0.143 e. The highest BCUT2D eigenvalue weighted by molar-refractivity contribution is 6.21. The molecule has 43 heavy (non-hydrogen) atoms. The van der Waals surface area contributed by atoms with E-state index in [1.165, 1.54) is 49.5 Å². The predicted molar refractivity (Wildman–Crippen MR) is 181 cm³/mol. The summed E-state index contributed by atoms with van der Waals surface area (Å²) in [5, 5.41) is 10.9. The Bertz CT molecular complexity index is 2350. The average Bonchev–Trinajstić information content (AvgIpc) is 3.60. The summed E-state index contributed by atoms with van der Waals surface area (Å²) in [6.45, 7) is 0. The Labute approximate surface area is 249 Å².